The molecule has 1 aliphatic heterocycles. The van der Waals surface area contributed by atoms with Crippen molar-refractivity contribution in [1.82, 2.24) is 4.90 Å². The molecule has 0 saturated carbocycles. The molecule has 2 aromatic carbocycles. The first-order valence-electron chi connectivity index (χ1n) is 6.17. The SMILES string of the molecule is O=C1c2c(F)cccc2CN1Cc1c(F)cc(Br)cc1F. The molecule has 0 spiro atoms. The Hall–Kier alpha value is -1.82. The van der Waals surface area contributed by atoms with Crippen molar-refractivity contribution in [3.8, 4) is 0 Å². The van der Waals surface area contributed by atoms with Gasteiger partial charge in [0.05, 0.1) is 12.1 Å². The predicted molar refractivity (Wildman–Crippen MR) is 74.0 cm³/mol. The molecule has 0 aliphatic carbocycles. The van der Waals surface area contributed by atoms with E-state index in [0.29, 0.717) is 5.56 Å². The number of benzene rings is 2. The lowest BCUT2D eigenvalue weighted by molar-refractivity contribution is 0.0760. The maximum Gasteiger partial charge on any atom is 0.257 e. The van der Waals surface area contributed by atoms with Gasteiger partial charge in [-0.3, -0.25) is 4.79 Å². The van der Waals surface area contributed by atoms with Crippen LogP contribution in [0.3, 0.4) is 0 Å². The fraction of sp³-hybridized carbons (Fsp3) is 0.133. The van der Waals surface area contributed by atoms with Gasteiger partial charge in [0.2, 0.25) is 0 Å². The normalized spacial score (nSPS) is 13.7. The van der Waals surface area contributed by atoms with Gasteiger partial charge >= 0.3 is 0 Å². The fourth-order valence-electron chi connectivity index (χ4n) is 2.42. The number of rotatable bonds is 2. The van der Waals surface area contributed by atoms with Gasteiger partial charge in [-0.05, 0) is 23.8 Å². The largest absolute Gasteiger partial charge is 0.330 e. The fourth-order valence-corrected chi connectivity index (χ4v) is 2.82. The van der Waals surface area contributed by atoms with Gasteiger partial charge in [0.1, 0.15) is 17.5 Å². The van der Waals surface area contributed by atoms with Crippen molar-refractivity contribution in [3.05, 3.63) is 68.9 Å². The summed E-state index contributed by atoms with van der Waals surface area (Å²) in [5, 5.41) is 0. The van der Waals surface area contributed by atoms with Gasteiger partial charge in [-0.1, -0.05) is 28.1 Å². The van der Waals surface area contributed by atoms with Crippen molar-refractivity contribution in [3.63, 3.8) is 0 Å². The Balaban J connectivity index is 1.92. The van der Waals surface area contributed by atoms with E-state index in [9.17, 15) is 18.0 Å². The summed E-state index contributed by atoms with van der Waals surface area (Å²) in [7, 11) is 0. The number of carbonyl (C=O) groups excluding carboxylic acids is 1. The zero-order valence-electron chi connectivity index (χ0n) is 10.7. The van der Waals surface area contributed by atoms with E-state index in [1.54, 1.807) is 6.07 Å². The Labute approximate surface area is 127 Å². The van der Waals surface area contributed by atoms with Crippen molar-refractivity contribution >= 4 is 21.8 Å². The monoisotopic (exact) mass is 355 g/mol. The number of nitrogens with zero attached hydrogens (tertiary/aromatic N) is 1. The van der Waals surface area contributed by atoms with Crippen molar-refractivity contribution in [2.75, 3.05) is 0 Å². The van der Waals surface area contributed by atoms with E-state index in [4.69, 9.17) is 0 Å². The molecule has 3 rings (SSSR count). The third kappa shape index (κ3) is 2.44. The van der Waals surface area contributed by atoms with Gasteiger partial charge in [-0.25, -0.2) is 13.2 Å². The Morgan fingerprint density at radius 2 is 1.76 bits per heavy atom. The second kappa shape index (κ2) is 5.18. The van der Waals surface area contributed by atoms with E-state index in [1.165, 1.54) is 17.0 Å². The van der Waals surface area contributed by atoms with Crippen molar-refractivity contribution < 1.29 is 18.0 Å². The summed E-state index contributed by atoms with van der Waals surface area (Å²) in [4.78, 5) is 13.4. The van der Waals surface area contributed by atoms with Gasteiger partial charge in [0.15, 0.2) is 0 Å². The average Bonchev–Trinajstić information content (AvgIpc) is 2.72. The lowest BCUT2D eigenvalue weighted by Crippen LogP contribution is -2.24. The summed E-state index contributed by atoms with van der Waals surface area (Å²) in [5.41, 5.74) is 0.299. The van der Waals surface area contributed by atoms with E-state index in [2.05, 4.69) is 15.9 Å². The number of carbonyl (C=O) groups is 1. The Morgan fingerprint density at radius 3 is 2.38 bits per heavy atom. The zero-order valence-corrected chi connectivity index (χ0v) is 12.3. The van der Waals surface area contributed by atoms with E-state index in [1.807, 2.05) is 0 Å². The van der Waals surface area contributed by atoms with Crippen molar-refractivity contribution in [2.45, 2.75) is 13.1 Å². The smallest absolute Gasteiger partial charge is 0.257 e. The van der Waals surface area contributed by atoms with Gasteiger partial charge < -0.3 is 4.90 Å². The molecular weight excluding hydrogens is 347 g/mol. The summed E-state index contributed by atoms with van der Waals surface area (Å²) < 4.78 is 41.6. The van der Waals surface area contributed by atoms with Crippen LogP contribution >= 0.6 is 15.9 Å². The molecule has 0 unspecified atom stereocenters. The molecule has 108 valence electrons. The molecule has 1 aliphatic rings. The first-order valence-corrected chi connectivity index (χ1v) is 6.96. The summed E-state index contributed by atoms with van der Waals surface area (Å²) in [6.07, 6.45) is 0. The molecule has 0 fully saturated rings. The van der Waals surface area contributed by atoms with Crippen LogP contribution in [0.15, 0.2) is 34.8 Å². The maximum atomic E-state index is 13.8. The Kier molecular flexibility index (Phi) is 3.49. The number of fused-ring (bicyclic) bond motifs is 1. The highest BCUT2D eigenvalue weighted by molar-refractivity contribution is 9.10. The van der Waals surface area contributed by atoms with Crippen LogP contribution in [0.1, 0.15) is 21.5 Å². The topological polar surface area (TPSA) is 20.3 Å². The highest BCUT2D eigenvalue weighted by atomic mass is 79.9. The molecule has 0 N–H and O–H groups in total. The first-order chi connectivity index (χ1) is 9.97. The first kappa shape index (κ1) is 14.1. The van der Waals surface area contributed by atoms with Gasteiger partial charge in [0.25, 0.3) is 5.91 Å². The Morgan fingerprint density at radius 1 is 1.10 bits per heavy atom. The summed E-state index contributed by atoms with van der Waals surface area (Å²) in [6, 6.07) is 6.59. The molecule has 1 heterocycles. The maximum absolute atomic E-state index is 13.8. The molecule has 0 aromatic heterocycles. The Bertz CT molecular complexity index is 725. The summed E-state index contributed by atoms with van der Waals surface area (Å²) >= 11 is 2.99. The number of hydrogen-bond donors (Lipinski definition) is 0. The van der Waals surface area contributed by atoms with Crippen LogP contribution in [0.2, 0.25) is 0 Å². The molecule has 2 nitrogen and oxygen atoms in total. The molecule has 0 saturated heterocycles. The van der Waals surface area contributed by atoms with E-state index < -0.39 is 23.4 Å². The van der Waals surface area contributed by atoms with Crippen LogP contribution in [0, 0.1) is 17.5 Å². The minimum Gasteiger partial charge on any atom is -0.330 e. The third-order valence-corrected chi connectivity index (χ3v) is 3.87. The standard InChI is InChI=1S/C15H9BrF3NO/c16-9-4-12(18)10(13(19)5-9)7-20-6-8-2-1-3-11(17)14(8)15(20)21/h1-5H,6-7H2. The molecule has 2 aromatic rings. The van der Waals surface area contributed by atoms with Gasteiger partial charge in [-0.15, -0.1) is 0 Å². The molecule has 0 radical (unpaired) electrons. The quantitative estimate of drug-likeness (QED) is 0.796. The van der Waals surface area contributed by atoms with Crippen LogP contribution < -0.4 is 0 Å². The number of hydrogen-bond acceptors (Lipinski definition) is 1. The number of amides is 1. The van der Waals surface area contributed by atoms with E-state index in [-0.39, 0.29) is 28.7 Å². The molecule has 21 heavy (non-hydrogen) atoms. The van der Waals surface area contributed by atoms with Crippen LogP contribution in [0.5, 0.6) is 0 Å². The highest BCUT2D eigenvalue weighted by Gasteiger charge is 2.31. The van der Waals surface area contributed by atoms with Gasteiger partial charge in [-0.2, -0.15) is 0 Å². The van der Waals surface area contributed by atoms with E-state index in [0.717, 1.165) is 12.1 Å². The van der Waals surface area contributed by atoms with Crippen molar-refractivity contribution in [2.24, 2.45) is 0 Å². The van der Waals surface area contributed by atoms with E-state index >= 15 is 0 Å². The van der Waals surface area contributed by atoms with Crippen LogP contribution in [0.4, 0.5) is 13.2 Å². The number of halogens is 4. The lowest BCUT2D eigenvalue weighted by Gasteiger charge is -2.16. The van der Waals surface area contributed by atoms with Crippen molar-refractivity contribution in [1.29, 1.82) is 0 Å². The van der Waals surface area contributed by atoms with Crippen LogP contribution in [-0.2, 0) is 13.1 Å². The third-order valence-electron chi connectivity index (χ3n) is 3.42. The second-order valence-corrected chi connectivity index (χ2v) is 5.70. The van der Waals surface area contributed by atoms with Gasteiger partial charge in [0, 0.05) is 16.6 Å². The van der Waals surface area contributed by atoms with Crippen LogP contribution in [0.25, 0.3) is 0 Å². The summed E-state index contributed by atoms with van der Waals surface area (Å²) in [5.74, 6) is -2.65. The lowest BCUT2D eigenvalue weighted by atomic mass is 10.1. The van der Waals surface area contributed by atoms with Crippen LogP contribution in [-0.4, -0.2) is 10.8 Å². The molecule has 0 atom stereocenters. The second-order valence-electron chi connectivity index (χ2n) is 4.78. The molecule has 0 bridgehead atoms. The minimum absolute atomic E-state index is 0.0181. The summed E-state index contributed by atoms with van der Waals surface area (Å²) in [6.45, 7) is -0.0984. The minimum atomic E-state index is -0.744. The molecule has 1 amide bonds. The average molecular weight is 356 g/mol. The highest BCUT2D eigenvalue weighted by Crippen LogP contribution is 2.28. The predicted octanol–water partition coefficient (Wildman–Crippen LogP) is 4.02. The zero-order chi connectivity index (χ0) is 15.1. The molecule has 6 heteroatoms. The molecular formula is C15H9BrF3NO.